The van der Waals surface area contributed by atoms with Crippen LogP contribution in [0.2, 0.25) is 0 Å². The van der Waals surface area contributed by atoms with Crippen molar-refractivity contribution in [2.24, 2.45) is 0 Å². The number of rotatable bonds is 4. The third-order valence-electron chi connectivity index (χ3n) is 1.69. The maximum absolute atomic E-state index is 10.5. The van der Waals surface area contributed by atoms with E-state index in [0.29, 0.717) is 0 Å². The van der Waals surface area contributed by atoms with Gasteiger partial charge in [0.15, 0.2) is 11.6 Å². The van der Waals surface area contributed by atoms with Crippen molar-refractivity contribution in [1.82, 2.24) is 5.01 Å². The van der Waals surface area contributed by atoms with Gasteiger partial charge in [0, 0.05) is 0 Å². The molecular weight excluding hydrogens is 182 g/mol. The summed E-state index contributed by atoms with van der Waals surface area (Å²) in [6.45, 7) is -0.0523. The molecule has 1 rings (SSSR count). The van der Waals surface area contributed by atoms with Crippen LogP contribution in [0, 0.1) is 21.4 Å². The van der Waals surface area contributed by atoms with Crippen molar-refractivity contribution in [3.8, 4) is 6.07 Å². The lowest BCUT2D eigenvalue weighted by molar-refractivity contribution is -0.657. The Kier molecular flexibility index (Phi) is 3.44. The number of nitrogens with zero attached hydrogens (tertiary/aromatic N) is 3. The zero-order valence-corrected chi connectivity index (χ0v) is 7.46. The summed E-state index contributed by atoms with van der Waals surface area (Å²) >= 11 is 0. The molecule has 1 aromatic rings. The van der Waals surface area contributed by atoms with Crippen molar-refractivity contribution in [3.63, 3.8) is 0 Å². The molecule has 1 aromatic carbocycles. The van der Waals surface area contributed by atoms with Gasteiger partial charge in [0.1, 0.15) is 6.54 Å². The molecule has 0 spiro atoms. The van der Waals surface area contributed by atoms with Gasteiger partial charge in [0.2, 0.25) is 0 Å². The highest BCUT2D eigenvalue weighted by Crippen LogP contribution is 2.03. The van der Waals surface area contributed by atoms with E-state index in [4.69, 9.17) is 5.26 Å². The summed E-state index contributed by atoms with van der Waals surface area (Å²) in [5.41, 5.74) is 0.819. The average Bonchev–Trinajstić information content (AvgIpc) is 2.18. The van der Waals surface area contributed by atoms with Gasteiger partial charge in [0.25, 0.3) is 0 Å². The molecule has 0 aliphatic heterocycles. The Balaban J connectivity index is 2.66. The van der Waals surface area contributed by atoms with Crippen LogP contribution in [0.5, 0.6) is 0 Å². The first-order valence-electron chi connectivity index (χ1n) is 4.04. The second kappa shape index (κ2) is 4.82. The minimum Gasteiger partial charge on any atom is -0.235 e. The van der Waals surface area contributed by atoms with E-state index in [1.165, 1.54) is 0 Å². The highest BCUT2D eigenvalue weighted by molar-refractivity contribution is 5.14. The first kappa shape index (κ1) is 9.99. The smallest absolute Gasteiger partial charge is 0.165 e. The number of benzene rings is 1. The SMILES string of the molecule is N#CCN(Cc1ccccc1)[N+](=O)[O-]. The molecule has 0 heterocycles. The highest BCUT2D eigenvalue weighted by Gasteiger charge is 2.13. The van der Waals surface area contributed by atoms with Gasteiger partial charge in [0.05, 0.1) is 6.07 Å². The summed E-state index contributed by atoms with van der Waals surface area (Å²) in [6, 6.07) is 10.8. The standard InChI is InChI=1S/C9H9N3O2/c10-6-7-11(12(13)14)8-9-4-2-1-3-5-9/h1-5H,7-8H2. The first-order chi connectivity index (χ1) is 6.74. The number of nitro groups is 1. The van der Waals surface area contributed by atoms with E-state index >= 15 is 0 Å². The van der Waals surface area contributed by atoms with Crippen molar-refractivity contribution in [1.29, 1.82) is 5.26 Å². The molecule has 0 N–H and O–H groups in total. The van der Waals surface area contributed by atoms with Crippen LogP contribution >= 0.6 is 0 Å². The van der Waals surface area contributed by atoms with E-state index < -0.39 is 5.03 Å². The number of nitriles is 1. The van der Waals surface area contributed by atoms with Crippen molar-refractivity contribution in [2.75, 3.05) is 6.54 Å². The Morgan fingerprint density at radius 3 is 2.57 bits per heavy atom. The monoisotopic (exact) mass is 191 g/mol. The molecule has 0 aromatic heterocycles. The van der Waals surface area contributed by atoms with Gasteiger partial charge >= 0.3 is 0 Å². The Bertz CT molecular complexity index is 345. The Labute approximate surface area is 81.3 Å². The van der Waals surface area contributed by atoms with E-state index in [0.717, 1.165) is 10.6 Å². The van der Waals surface area contributed by atoms with E-state index in [-0.39, 0.29) is 13.1 Å². The van der Waals surface area contributed by atoms with Gasteiger partial charge in [-0.15, -0.1) is 5.01 Å². The molecule has 0 amide bonds. The molecule has 0 fully saturated rings. The minimum atomic E-state index is -0.559. The fraction of sp³-hybridized carbons (Fsp3) is 0.222. The van der Waals surface area contributed by atoms with Crippen LogP contribution in [0.15, 0.2) is 30.3 Å². The van der Waals surface area contributed by atoms with Crippen LogP contribution in [-0.4, -0.2) is 16.6 Å². The zero-order valence-electron chi connectivity index (χ0n) is 7.46. The van der Waals surface area contributed by atoms with Gasteiger partial charge in [-0.2, -0.15) is 5.26 Å². The second-order valence-corrected chi connectivity index (χ2v) is 2.70. The van der Waals surface area contributed by atoms with Gasteiger partial charge in [-0.1, -0.05) is 30.3 Å². The second-order valence-electron chi connectivity index (χ2n) is 2.70. The van der Waals surface area contributed by atoms with Crippen molar-refractivity contribution in [2.45, 2.75) is 6.54 Å². The molecular formula is C9H9N3O2. The maximum Gasteiger partial charge on any atom is 0.165 e. The lowest BCUT2D eigenvalue weighted by Crippen LogP contribution is -2.29. The van der Waals surface area contributed by atoms with Crippen LogP contribution in [0.4, 0.5) is 0 Å². The molecule has 5 heteroatoms. The molecule has 0 aliphatic rings. The number of hydrazine groups is 1. The quantitative estimate of drug-likeness (QED) is 0.407. The van der Waals surface area contributed by atoms with Crippen LogP contribution < -0.4 is 0 Å². The third kappa shape index (κ3) is 2.75. The lowest BCUT2D eigenvalue weighted by Gasteiger charge is -2.09. The van der Waals surface area contributed by atoms with Crippen molar-refractivity contribution >= 4 is 0 Å². The number of hydrogen-bond acceptors (Lipinski definition) is 3. The summed E-state index contributed by atoms with van der Waals surface area (Å²) in [5.74, 6) is 0. The molecule has 0 saturated heterocycles. The van der Waals surface area contributed by atoms with Crippen LogP contribution in [-0.2, 0) is 6.54 Å². The maximum atomic E-state index is 10.5. The normalized spacial score (nSPS) is 9.07. The molecule has 0 atom stereocenters. The fourth-order valence-electron chi connectivity index (χ4n) is 1.05. The Morgan fingerprint density at radius 2 is 2.07 bits per heavy atom. The van der Waals surface area contributed by atoms with E-state index in [9.17, 15) is 10.1 Å². The van der Waals surface area contributed by atoms with Gasteiger partial charge in [-0.05, 0) is 5.56 Å². The van der Waals surface area contributed by atoms with Crippen molar-refractivity contribution < 1.29 is 5.03 Å². The summed E-state index contributed by atoms with van der Waals surface area (Å²) in [7, 11) is 0. The van der Waals surface area contributed by atoms with Crippen molar-refractivity contribution in [3.05, 3.63) is 46.0 Å². The topological polar surface area (TPSA) is 70.2 Å². The van der Waals surface area contributed by atoms with E-state index in [2.05, 4.69) is 0 Å². The molecule has 5 nitrogen and oxygen atoms in total. The van der Waals surface area contributed by atoms with Crippen LogP contribution in [0.25, 0.3) is 0 Å². The molecule has 0 aliphatic carbocycles. The zero-order chi connectivity index (χ0) is 10.4. The summed E-state index contributed by atoms with van der Waals surface area (Å²) in [5, 5.41) is 19.2. The highest BCUT2D eigenvalue weighted by atomic mass is 16.7. The fourth-order valence-corrected chi connectivity index (χ4v) is 1.05. The van der Waals surface area contributed by atoms with Gasteiger partial charge in [-0.25, -0.2) is 10.1 Å². The summed E-state index contributed by atoms with van der Waals surface area (Å²) < 4.78 is 0. The molecule has 0 saturated carbocycles. The summed E-state index contributed by atoms with van der Waals surface area (Å²) in [6.07, 6.45) is 0. The van der Waals surface area contributed by atoms with Crippen LogP contribution in [0.1, 0.15) is 5.56 Å². The van der Waals surface area contributed by atoms with E-state index in [1.54, 1.807) is 30.3 Å². The van der Waals surface area contributed by atoms with Gasteiger partial charge in [-0.3, -0.25) is 0 Å². The Hall–Kier alpha value is -2.09. The number of hydrogen-bond donors (Lipinski definition) is 0. The van der Waals surface area contributed by atoms with Gasteiger partial charge < -0.3 is 0 Å². The predicted molar refractivity (Wildman–Crippen MR) is 49.5 cm³/mol. The third-order valence-corrected chi connectivity index (χ3v) is 1.69. The molecule has 0 radical (unpaired) electrons. The Morgan fingerprint density at radius 1 is 1.43 bits per heavy atom. The lowest BCUT2D eigenvalue weighted by atomic mass is 10.2. The van der Waals surface area contributed by atoms with E-state index in [1.807, 2.05) is 6.07 Å². The first-order valence-corrected chi connectivity index (χ1v) is 4.04. The summed E-state index contributed by atoms with van der Waals surface area (Å²) in [4.78, 5) is 10.5. The minimum absolute atomic E-state index is 0.154. The molecule has 14 heavy (non-hydrogen) atoms. The van der Waals surface area contributed by atoms with Crippen LogP contribution in [0.3, 0.4) is 0 Å². The predicted octanol–water partition coefficient (Wildman–Crippen LogP) is 1.20. The molecule has 0 bridgehead atoms. The molecule has 72 valence electrons. The largest absolute Gasteiger partial charge is 0.235 e. The molecule has 0 unspecified atom stereocenters. The average molecular weight is 191 g/mol.